The molecule has 0 fully saturated rings. The normalized spacial score (nSPS) is 10.1. The van der Waals surface area contributed by atoms with Crippen molar-refractivity contribution in [2.24, 2.45) is 0 Å². The molecule has 1 aromatic carbocycles. The van der Waals surface area contributed by atoms with E-state index in [2.05, 4.69) is 9.97 Å². The van der Waals surface area contributed by atoms with E-state index >= 15 is 0 Å². The fourth-order valence-corrected chi connectivity index (χ4v) is 1.34. The van der Waals surface area contributed by atoms with Gasteiger partial charge in [0.1, 0.15) is 12.4 Å². The summed E-state index contributed by atoms with van der Waals surface area (Å²) >= 11 is 0. The molecule has 0 amide bonds. The molecule has 0 aliphatic carbocycles. The molecule has 0 saturated carbocycles. The van der Waals surface area contributed by atoms with E-state index in [1.165, 1.54) is 19.3 Å². The van der Waals surface area contributed by atoms with Gasteiger partial charge in [-0.1, -0.05) is 0 Å². The number of rotatable bonds is 4. The third-order valence-electron chi connectivity index (χ3n) is 2.20. The number of hydrogen-bond acceptors (Lipinski definition) is 5. The summed E-state index contributed by atoms with van der Waals surface area (Å²) in [6, 6.07) is 6.58. The van der Waals surface area contributed by atoms with Crippen molar-refractivity contribution in [1.82, 2.24) is 9.97 Å². The van der Waals surface area contributed by atoms with Gasteiger partial charge in [0.15, 0.2) is 17.4 Å². The van der Waals surface area contributed by atoms with Crippen molar-refractivity contribution in [2.75, 3.05) is 6.61 Å². The first kappa shape index (κ1) is 12.0. The smallest absolute Gasteiger partial charge is 0.167 e. The van der Waals surface area contributed by atoms with Crippen LogP contribution in [-0.2, 0) is 4.79 Å². The fraction of sp³-hybridized carbons (Fsp3) is 0.154. The molecular formula is C13H12N2O3. The number of aromatic nitrogens is 2. The lowest BCUT2D eigenvalue weighted by Gasteiger charge is -2.04. The topological polar surface area (TPSA) is 72.3 Å². The largest absolute Gasteiger partial charge is 0.508 e. The first-order valence-corrected chi connectivity index (χ1v) is 5.39. The molecular weight excluding hydrogens is 232 g/mol. The van der Waals surface area contributed by atoms with Crippen LogP contribution < -0.4 is 4.74 Å². The lowest BCUT2D eigenvalue weighted by molar-refractivity contribution is -0.118. The summed E-state index contributed by atoms with van der Waals surface area (Å²) in [5.41, 5.74) is 0.797. The second kappa shape index (κ2) is 5.27. The van der Waals surface area contributed by atoms with Gasteiger partial charge in [-0.15, -0.1) is 0 Å². The first-order chi connectivity index (χ1) is 8.65. The molecule has 5 heteroatoms. The minimum atomic E-state index is -0.0578. The van der Waals surface area contributed by atoms with Crippen molar-refractivity contribution < 1.29 is 14.6 Å². The van der Waals surface area contributed by atoms with Gasteiger partial charge in [-0.25, -0.2) is 9.97 Å². The van der Waals surface area contributed by atoms with Gasteiger partial charge in [-0.3, -0.25) is 4.79 Å². The summed E-state index contributed by atoms with van der Waals surface area (Å²) in [5, 5.41) is 9.18. The van der Waals surface area contributed by atoms with Crippen molar-refractivity contribution in [3.63, 3.8) is 0 Å². The highest BCUT2D eigenvalue weighted by Gasteiger charge is 2.02. The summed E-state index contributed by atoms with van der Waals surface area (Å²) in [4.78, 5) is 19.0. The van der Waals surface area contributed by atoms with Gasteiger partial charge in [0, 0.05) is 5.56 Å². The van der Waals surface area contributed by atoms with Crippen molar-refractivity contribution >= 4 is 5.78 Å². The number of carbonyl (C=O) groups excluding carboxylic acids is 1. The molecule has 0 aliphatic heterocycles. The summed E-state index contributed by atoms with van der Waals surface area (Å²) in [5.74, 6) is 1.12. The Kier molecular flexibility index (Phi) is 3.52. The number of phenols is 1. The van der Waals surface area contributed by atoms with E-state index in [0.717, 1.165) is 5.56 Å². The van der Waals surface area contributed by atoms with Gasteiger partial charge in [-0.2, -0.15) is 0 Å². The van der Waals surface area contributed by atoms with E-state index in [4.69, 9.17) is 4.74 Å². The molecule has 0 spiro atoms. The maximum atomic E-state index is 10.7. The molecule has 0 saturated heterocycles. The number of ketones is 1. The molecule has 2 aromatic rings. The molecule has 0 aliphatic rings. The molecule has 0 atom stereocenters. The van der Waals surface area contributed by atoms with Gasteiger partial charge in [0.05, 0.1) is 12.4 Å². The first-order valence-electron chi connectivity index (χ1n) is 5.39. The van der Waals surface area contributed by atoms with Crippen LogP contribution in [0.1, 0.15) is 6.92 Å². The van der Waals surface area contributed by atoms with Crippen LogP contribution in [0.15, 0.2) is 36.7 Å². The quantitative estimate of drug-likeness (QED) is 0.888. The molecule has 5 nitrogen and oxygen atoms in total. The van der Waals surface area contributed by atoms with E-state index in [1.54, 1.807) is 24.3 Å². The fourth-order valence-electron chi connectivity index (χ4n) is 1.34. The van der Waals surface area contributed by atoms with Crippen LogP contribution in [-0.4, -0.2) is 27.5 Å². The van der Waals surface area contributed by atoms with Gasteiger partial charge in [-0.05, 0) is 31.2 Å². The maximum absolute atomic E-state index is 10.7. The number of carbonyl (C=O) groups is 1. The minimum absolute atomic E-state index is 0.0158. The Hall–Kier alpha value is -2.43. The summed E-state index contributed by atoms with van der Waals surface area (Å²) in [6.45, 7) is 1.47. The molecule has 1 N–H and O–H groups in total. The van der Waals surface area contributed by atoms with Gasteiger partial charge in [0.2, 0.25) is 0 Å². The van der Waals surface area contributed by atoms with E-state index in [0.29, 0.717) is 11.6 Å². The molecule has 92 valence electrons. The van der Waals surface area contributed by atoms with E-state index in [9.17, 15) is 9.90 Å². The Bertz CT molecular complexity index is 535. The molecule has 0 radical (unpaired) electrons. The van der Waals surface area contributed by atoms with Crippen molar-refractivity contribution in [3.05, 3.63) is 36.7 Å². The Morgan fingerprint density at radius 1 is 1.22 bits per heavy atom. The minimum Gasteiger partial charge on any atom is -0.508 e. The molecule has 0 bridgehead atoms. The maximum Gasteiger partial charge on any atom is 0.167 e. The zero-order chi connectivity index (χ0) is 13.0. The Balaban J connectivity index is 2.12. The van der Waals surface area contributed by atoms with Crippen LogP contribution in [0.3, 0.4) is 0 Å². The zero-order valence-corrected chi connectivity index (χ0v) is 9.83. The monoisotopic (exact) mass is 244 g/mol. The highest BCUT2D eigenvalue weighted by Crippen LogP contribution is 2.19. The second-order valence-electron chi connectivity index (χ2n) is 3.78. The van der Waals surface area contributed by atoms with Crippen molar-refractivity contribution in [1.29, 1.82) is 0 Å². The van der Waals surface area contributed by atoms with E-state index < -0.39 is 0 Å². The highest BCUT2D eigenvalue weighted by atomic mass is 16.5. The molecule has 0 unspecified atom stereocenters. The lowest BCUT2D eigenvalue weighted by Crippen LogP contribution is -2.07. The van der Waals surface area contributed by atoms with Gasteiger partial charge < -0.3 is 9.84 Å². The predicted molar refractivity (Wildman–Crippen MR) is 65.3 cm³/mol. The SMILES string of the molecule is CC(=O)COc1cnc(-c2ccc(O)cc2)nc1. The number of ether oxygens (including phenoxy) is 1. The van der Waals surface area contributed by atoms with Crippen LogP contribution >= 0.6 is 0 Å². The van der Waals surface area contributed by atoms with Gasteiger partial charge >= 0.3 is 0 Å². The number of nitrogens with zero attached hydrogens (tertiary/aromatic N) is 2. The molecule has 1 aromatic heterocycles. The molecule has 1 heterocycles. The third kappa shape index (κ3) is 3.04. The predicted octanol–water partition coefficient (Wildman–Crippen LogP) is 1.82. The second-order valence-corrected chi connectivity index (χ2v) is 3.78. The van der Waals surface area contributed by atoms with Crippen LogP contribution in [0.4, 0.5) is 0 Å². The van der Waals surface area contributed by atoms with Crippen LogP contribution in [0.2, 0.25) is 0 Å². The number of aromatic hydroxyl groups is 1. The van der Waals surface area contributed by atoms with Crippen LogP contribution in [0.25, 0.3) is 11.4 Å². The summed E-state index contributed by atoms with van der Waals surface area (Å²) in [7, 11) is 0. The highest BCUT2D eigenvalue weighted by molar-refractivity contribution is 5.77. The van der Waals surface area contributed by atoms with Crippen LogP contribution in [0, 0.1) is 0 Å². The zero-order valence-electron chi connectivity index (χ0n) is 9.83. The number of hydrogen-bond donors (Lipinski definition) is 1. The van der Waals surface area contributed by atoms with Crippen LogP contribution in [0.5, 0.6) is 11.5 Å². The number of phenolic OH excluding ortho intramolecular Hbond substituents is 1. The number of Topliss-reactive ketones (excluding diaryl/α,β-unsaturated/α-hetero) is 1. The van der Waals surface area contributed by atoms with E-state index in [1.807, 2.05) is 0 Å². The lowest BCUT2D eigenvalue weighted by atomic mass is 10.2. The molecule has 18 heavy (non-hydrogen) atoms. The number of benzene rings is 1. The molecule has 2 rings (SSSR count). The summed E-state index contributed by atoms with van der Waals surface area (Å²) in [6.07, 6.45) is 3.02. The Morgan fingerprint density at radius 3 is 2.39 bits per heavy atom. The van der Waals surface area contributed by atoms with Gasteiger partial charge in [0.25, 0.3) is 0 Å². The summed E-state index contributed by atoms with van der Waals surface area (Å²) < 4.78 is 5.16. The van der Waals surface area contributed by atoms with Crippen molar-refractivity contribution in [3.8, 4) is 22.9 Å². The average molecular weight is 244 g/mol. The Labute approximate surface area is 104 Å². The van der Waals surface area contributed by atoms with E-state index in [-0.39, 0.29) is 18.1 Å². The van der Waals surface area contributed by atoms with Crippen molar-refractivity contribution in [2.45, 2.75) is 6.92 Å². The standard InChI is InChI=1S/C13H12N2O3/c1-9(16)8-18-12-6-14-13(15-7-12)10-2-4-11(17)5-3-10/h2-7,17H,8H2,1H3. The Morgan fingerprint density at radius 2 is 1.83 bits per heavy atom. The average Bonchev–Trinajstić information content (AvgIpc) is 2.38. The third-order valence-corrected chi connectivity index (χ3v) is 2.20.